The minimum Gasteiger partial charge on any atom is -0.322 e. The highest BCUT2D eigenvalue weighted by molar-refractivity contribution is 8.00. The molecule has 0 aromatic heterocycles. The molecule has 1 aliphatic carbocycles. The summed E-state index contributed by atoms with van der Waals surface area (Å²) in [4.78, 5) is 13.5. The third kappa shape index (κ3) is 8.02. The van der Waals surface area contributed by atoms with Crippen LogP contribution in [0.3, 0.4) is 0 Å². The molecule has 3 nitrogen and oxygen atoms in total. The van der Waals surface area contributed by atoms with Crippen LogP contribution in [0.2, 0.25) is 5.02 Å². The van der Waals surface area contributed by atoms with Crippen LogP contribution < -0.4 is 5.32 Å². The summed E-state index contributed by atoms with van der Waals surface area (Å²) in [6.07, 6.45) is 10.2. The van der Waals surface area contributed by atoms with Crippen LogP contribution in [0.15, 0.2) is 59.5 Å². The minimum absolute atomic E-state index is 0.118. The Hall–Kier alpha value is -2.95. The van der Waals surface area contributed by atoms with Gasteiger partial charge in [-0.05, 0) is 68.2 Å². The Morgan fingerprint density at radius 2 is 1.92 bits per heavy atom. The van der Waals surface area contributed by atoms with E-state index in [0.717, 1.165) is 36.3 Å². The van der Waals surface area contributed by atoms with E-state index in [0.29, 0.717) is 16.9 Å². The van der Waals surface area contributed by atoms with Gasteiger partial charge in [-0.3, -0.25) is 10.2 Å². The fourth-order valence-electron chi connectivity index (χ4n) is 4.47. The first-order valence-electron chi connectivity index (χ1n) is 12.4. The molecule has 0 radical (unpaired) electrons. The van der Waals surface area contributed by atoms with Gasteiger partial charge in [0.05, 0.1) is 5.02 Å². The highest BCUT2D eigenvalue weighted by atomic mass is 35.5. The van der Waals surface area contributed by atoms with Crippen LogP contribution in [0.5, 0.6) is 0 Å². The van der Waals surface area contributed by atoms with E-state index in [-0.39, 0.29) is 28.1 Å². The molecule has 38 heavy (non-hydrogen) atoms. The summed E-state index contributed by atoms with van der Waals surface area (Å²) in [5, 5.41) is 11.1. The van der Waals surface area contributed by atoms with Gasteiger partial charge in [-0.1, -0.05) is 49.6 Å². The Morgan fingerprint density at radius 1 is 1.21 bits per heavy atom. The van der Waals surface area contributed by atoms with Crippen molar-refractivity contribution >= 4 is 40.7 Å². The molecule has 0 heterocycles. The summed E-state index contributed by atoms with van der Waals surface area (Å²) in [5.41, 5.74) is 0.363. The maximum atomic E-state index is 13.5. The predicted molar refractivity (Wildman–Crippen MR) is 150 cm³/mol. The number of rotatable bonds is 8. The molecule has 0 spiro atoms. The van der Waals surface area contributed by atoms with Gasteiger partial charge in [-0.15, -0.1) is 11.8 Å². The van der Waals surface area contributed by atoms with E-state index >= 15 is 0 Å². The van der Waals surface area contributed by atoms with Gasteiger partial charge >= 0.3 is 0 Å². The largest absolute Gasteiger partial charge is 0.322 e. The second-order valence-corrected chi connectivity index (χ2v) is 11.1. The molecule has 1 aliphatic rings. The lowest BCUT2D eigenvalue weighted by molar-refractivity contribution is 0.102. The summed E-state index contributed by atoms with van der Waals surface area (Å²) in [6, 6.07) is 6.29. The van der Waals surface area contributed by atoms with Gasteiger partial charge in [0, 0.05) is 39.4 Å². The van der Waals surface area contributed by atoms with Crippen LogP contribution in [0.1, 0.15) is 50.4 Å². The molecule has 1 fully saturated rings. The van der Waals surface area contributed by atoms with Crippen molar-refractivity contribution in [2.24, 2.45) is 17.8 Å². The molecule has 200 valence electrons. The van der Waals surface area contributed by atoms with Crippen molar-refractivity contribution in [1.29, 1.82) is 5.41 Å². The third-order valence-corrected chi connectivity index (χ3v) is 8.55. The first-order valence-corrected chi connectivity index (χ1v) is 13.7. The molecule has 2 aromatic rings. The zero-order valence-electron chi connectivity index (χ0n) is 21.5. The monoisotopic (exact) mass is 558 g/mol. The number of anilines is 1. The van der Waals surface area contributed by atoms with E-state index in [1.165, 1.54) is 6.07 Å². The standard InChI is InChI=1S/C30H30ClF3N2OS/c1-4-5-6-7-22(35)12-8-18(2)14-20-10-9-19(3)29(20)38-27-15-21(11-13-24(27)31)30(37)36-23-16-25(32)28(34)26(33)17-23/h4-7,11,13,15-20,29,35H,9-10,14H2,1-3H3,(H,36,37)/b5-4-,7-6-,35-22?. The lowest BCUT2D eigenvalue weighted by Gasteiger charge is -2.24. The van der Waals surface area contributed by atoms with Gasteiger partial charge in [-0.2, -0.15) is 0 Å². The van der Waals surface area contributed by atoms with Crippen molar-refractivity contribution < 1.29 is 18.0 Å². The average Bonchev–Trinajstić information content (AvgIpc) is 3.21. The van der Waals surface area contributed by atoms with Crippen molar-refractivity contribution in [3.63, 3.8) is 0 Å². The van der Waals surface area contributed by atoms with Crippen LogP contribution >= 0.6 is 23.4 Å². The molecule has 2 aromatic carbocycles. The third-order valence-electron chi connectivity index (χ3n) is 6.39. The zero-order valence-corrected chi connectivity index (χ0v) is 23.0. The summed E-state index contributed by atoms with van der Waals surface area (Å²) >= 11 is 8.11. The molecule has 1 amide bonds. The second kappa shape index (κ2) is 13.7. The predicted octanol–water partition coefficient (Wildman–Crippen LogP) is 8.70. The van der Waals surface area contributed by atoms with Gasteiger partial charge < -0.3 is 5.32 Å². The highest BCUT2D eigenvalue weighted by Crippen LogP contribution is 2.46. The van der Waals surface area contributed by atoms with Crippen LogP contribution in [0, 0.1) is 52.5 Å². The Bertz CT molecular complexity index is 1290. The molecule has 0 saturated heterocycles. The number of thioether (sulfide) groups is 1. The van der Waals surface area contributed by atoms with Gasteiger partial charge in [0.25, 0.3) is 5.91 Å². The van der Waals surface area contributed by atoms with Gasteiger partial charge in [-0.25, -0.2) is 13.2 Å². The number of hydrogen-bond donors (Lipinski definition) is 2. The topological polar surface area (TPSA) is 53.0 Å². The van der Waals surface area contributed by atoms with Crippen LogP contribution in [0.25, 0.3) is 0 Å². The van der Waals surface area contributed by atoms with Crippen molar-refractivity contribution in [3.8, 4) is 11.8 Å². The molecule has 0 bridgehead atoms. The first kappa shape index (κ1) is 29.6. The van der Waals surface area contributed by atoms with Crippen LogP contribution in [-0.2, 0) is 0 Å². The number of hydrogen-bond acceptors (Lipinski definition) is 3. The molecule has 8 heteroatoms. The maximum absolute atomic E-state index is 13.5. The minimum atomic E-state index is -1.59. The fraction of sp³-hybridized carbons (Fsp3) is 0.333. The maximum Gasteiger partial charge on any atom is 0.255 e. The SMILES string of the molecule is C/C=C\C=C/C(=N)C#CC(C)CC1CCC(C)C1Sc1cc(C(=O)Nc2cc(F)c(F)c(F)c2)ccc1Cl. The molecular formula is C30H30ClF3N2OS. The molecule has 4 atom stereocenters. The molecule has 3 rings (SSSR count). The molecular weight excluding hydrogens is 529 g/mol. The Morgan fingerprint density at radius 3 is 2.61 bits per heavy atom. The molecule has 4 unspecified atom stereocenters. The first-order chi connectivity index (χ1) is 18.1. The molecule has 1 saturated carbocycles. The van der Waals surface area contributed by atoms with E-state index in [2.05, 4.69) is 31.0 Å². The number of carbonyl (C=O) groups excluding carboxylic acids is 1. The second-order valence-electron chi connectivity index (χ2n) is 9.46. The van der Waals surface area contributed by atoms with Gasteiger partial charge in [0.15, 0.2) is 17.5 Å². The number of nitrogens with one attached hydrogen (secondary N) is 2. The smallest absolute Gasteiger partial charge is 0.255 e. The summed E-state index contributed by atoms with van der Waals surface area (Å²) < 4.78 is 40.3. The molecule has 0 aliphatic heterocycles. The van der Waals surface area contributed by atoms with Crippen molar-refractivity contribution in [1.82, 2.24) is 0 Å². The summed E-state index contributed by atoms with van der Waals surface area (Å²) in [6.45, 7) is 6.19. The van der Waals surface area contributed by atoms with E-state index in [1.54, 1.807) is 36.0 Å². The van der Waals surface area contributed by atoms with E-state index < -0.39 is 23.4 Å². The quantitative estimate of drug-likeness (QED) is 0.147. The summed E-state index contributed by atoms with van der Waals surface area (Å²) in [5.74, 6) is 2.13. The Labute approximate surface area is 231 Å². The zero-order chi connectivity index (χ0) is 27.8. The number of benzene rings is 2. The van der Waals surface area contributed by atoms with E-state index in [4.69, 9.17) is 17.0 Å². The van der Waals surface area contributed by atoms with Crippen molar-refractivity contribution in [2.45, 2.75) is 50.2 Å². The van der Waals surface area contributed by atoms with Crippen molar-refractivity contribution in [2.75, 3.05) is 5.32 Å². The molecule has 2 N–H and O–H groups in total. The number of halogens is 4. The average molecular weight is 559 g/mol. The van der Waals surface area contributed by atoms with E-state index in [1.807, 2.05) is 19.1 Å². The fourth-order valence-corrected chi connectivity index (χ4v) is 6.19. The highest BCUT2D eigenvalue weighted by Gasteiger charge is 2.35. The Balaban J connectivity index is 1.70. The number of carbonyl (C=O) groups is 1. The van der Waals surface area contributed by atoms with E-state index in [9.17, 15) is 18.0 Å². The lowest BCUT2D eigenvalue weighted by Crippen LogP contribution is -2.18. The van der Waals surface area contributed by atoms with Crippen molar-refractivity contribution in [3.05, 3.63) is 82.7 Å². The number of allylic oxidation sites excluding steroid dienone is 4. The van der Waals surface area contributed by atoms with Crippen LogP contribution in [0.4, 0.5) is 18.9 Å². The van der Waals surface area contributed by atoms with Crippen LogP contribution in [-0.4, -0.2) is 16.9 Å². The van der Waals surface area contributed by atoms with Gasteiger partial charge in [0.2, 0.25) is 0 Å². The number of amides is 1. The van der Waals surface area contributed by atoms with Gasteiger partial charge in [0.1, 0.15) is 5.71 Å². The summed E-state index contributed by atoms with van der Waals surface area (Å²) in [7, 11) is 0. The Kier molecular flexibility index (Phi) is 10.7. The lowest BCUT2D eigenvalue weighted by atomic mass is 9.93. The normalized spacial score (nSPS) is 19.9.